The summed E-state index contributed by atoms with van der Waals surface area (Å²) in [7, 11) is 0. The molecule has 5 nitrogen and oxygen atoms in total. The van der Waals surface area contributed by atoms with Crippen molar-refractivity contribution in [3.63, 3.8) is 0 Å². The molecule has 0 radical (unpaired) electrons. The van der Waals surface area contributed by atoms with Crippen LogP contribution in [0.5, 0.6) is 0 Å². The first-order chi connectivity index (χ1) is 7.68. The van der Waals surface area contributed by atoms with Crippen molar-refractivity contribution < 1.29 is 14.6 Å². The number of β-amino-alcohol motifs (C(OH)–C–C–N with tert-alkyl or cyclic N) is 1. The summed E-state index contributed by atoms with van der Waals surface area (Å²) in [6, 6.07) is -0.116. The molecule has 0 saturated carbocycles. The molecule has 5 heteroatoms. The van der Waals surface area contributed by atoms with Crippen LogP contribution in [0.4, 0.5) is 0 Å². The van der Waals surface area contributed by atoms with Crippen LogP contribution < -0.4 is 0 Å². The summed E-state index contributed by atoms with van der Waals surface area (Å²) in [5.74, 6) is 0.164. The van der Waals surface area contributed by atoms with Gasteiger partial charge in [0, 0.05) is 26.2 Å². The molecule has 16 heavy (non-hydrogen) atoms. The highest BCUT2D eigenvalue weighted by atomic mass is 16.5. The van der Waals surface area contributed by atoms with E-state index in [1.54, 1.807) is 0 Å². The third-order valence-electron chi connectivity index (χ3n) is 3.42. The lowest BCUT2D eigenvalue weighted by molar-refractivity contribution is -0.140. The van der Waals surface area contributed by atoms with Gasteiger partial charge in [0.2, 0.25) is 5.91 Å². The van der Waals surface area contributed by atoms with Crippen molar-refractivity contribution in [2.75, 3.05) is 39.4 Å². The van der Waals surface area contributed by atoms with E-state index in [0.29, 0.717) is 32.8 Å². The first kappa shape index (κ1) is 11.8. The van der Waals surface area contributed by atoms with Crippen LogP contribution in [-0.2, 0) is 9.53 Å². The van der Waals surface area contributed by atoms with Gasteiger partial charge in [-0.2, -0.15) is 0 Å². The largest absolute Gasteiger partial charge is 0.392 e. The molecule has 1 N–H and O–H groups in total. The van der Waals surface area contributed by atoms with Crippen LogP contribution in [0.2, 0.25) is 0 Å². The Bertz CT molecular complexity index is 254. The summed E-state index contributed by atoms with van der Waals surface area (Å²) < 4.78 is 5.22. The van der Waals surface area contributed by atoms with Crippen molar-refractivity contribution in [3.8, 4) is 0 Å². The number of carbonyl (C=O) groups excluding carboxylic acids is 1. The van der Waals surface area contributed by atoms with Crippen molar-refractivity contribution in [2.24, 2.45) is 0 Å². The minimum absolute atomic E-state index is 0.116. The van der Waals surface area contributed by atoms with E-state index in [-0.39, 0.29) is 18.1 Å². The van der Waals surface area contributed by atoms with Crippen LogP contribution in [0.25, 0.3) is 0 Å². The fraction of sp³-hybridized carbons (Fsp3) is 0.909. The van der Waals surface area contributed by atoms with E-state index < -0.39 is 0 Å². The lowest BCUT2D eigenvalue weighted by Crippen LogP contribution is -2.50. The third-order valence-corrected chi connectivity index (χ3v) is 3.42. The van der Waals surface area contributed by atoms with E-state index in [0.717, 1.165) is 13.0 Å². The highest BCUT2D eigenvalue weighted by Crippen LogP contribution is 2.14. The molecule has 92 valence electrons. The molecule has 2 aliphatic rings. The quantitative estimate of drug-likeness (QED) is 0.679. The molecule has 2 heterocycles. The van der Waals surface area contributed by atoms with Gasteiger partial charge in [0.15, 0.2) is 0 Å². The van der Waals surface area contributed by atoms with Gasteiger partial charge in [-0.15, -0.1) is 0 Å². The molecule has 0 aromatic heterocycles. The van der Waals surface area contributed by atoms with Gasteiger partial charge < -0.3 is 14.7 Å². The van der Waals surface area contributed by atoms with Gasteiger partial charge >= 0.3 is 0 Å². The lowest BCUT2D eigenvalue weighted by atomic mass is 10.2. The van der Waals surface area contributed by atoms with E-state index in [1.807, 2.05) is 11.8 Å². The molecule has 2 fully saturated rings. The average molecular weight is 228 g/mol. The van der Waals surface area contributed by atoms with Gasteiger partial charge in [-0.3, -0.25) is 9.69 Å². The second kappa shape index (κ2) is 5.12. The highest BCUT2D eigenvalue weighted by molar-refractivity contribution is 5.81. The zero-order valence-electron chi connectivity index (χ0n) is 9.76. The maximum Gasteiger partial charge on any atom is 0.239 e. The summed E-state index contributed by atoms with van der Waals surface area (Å²) >= 11 is 0. The van der Waals surface area contributed by atoms with Gasteiger partial charge in [0.1, 0.15) is 0 Å². The Morgan fingerprint density at radius 2 is 2.06 bits per heavy atom. The SMILES string of the molecule is CC(C(=O)N1CCOCC1)N1CC[C@@H](O)C1. The monoisotopic (exact) mass is 228 g/mol. The van der Waals surface area contributed by atoms with Gasteiger partial charge in [0.05, 0.1) is 25.4 Å². The van der Waals surface area contributed by atoms with E-state index in [2.05, 4.69) is 4.90 Å². The van der Waals surface area contributed by atoms with Crippen LogP contribution >= 0.6 is 0 Å². The maximum atomic E-state index is 12.1. The number of ether oxygens (including phenoxy) is 1. The van der Waals surface area contributed by atoms with Gasteiger partial charge in [0.25, 0.3) is 0 Å². The van der Waals surface area contributed by atoms with E-state index in [4.69, 9.17) is 4.74 Å². The first-order valence-corrected chi connectivity index (χ1v) is 5.97. The zero-order valence-corrected chi connectivity index (χ0v) is 9.76. The fourth-order valence-electron chi connectivity index (χ4n) is 2.32. The number of nitrogens with zero attached hydrogens (tertiary/aromatic N) is 2. The minimum Gasteiger partial charge on any atom is -0.392 e. The standard InChI is InChI=1S/C11H20N2O3/c1-9(13-3-2-10(14)8-13)11(15)12-4-6-16-7-5-12/h9-10,14H,2-8H2,1H3/t9?,10-/m1/s1. The molecule has 2 atom stereocenters. The number of rotatable bonds is 2. The summed E-state index contributed by atoms with van der Waals surface area (Å²) in [6.07, 6.45) is 0.515. The predicted molar refractivity (Wildman–Crippen MR) is 59.1 cm³/mol. The minimum atomic E-state index is -0.264. The highest BCUT2D eigenvalue weighted by Gasteiger charge is 2.31. The fourth-order valence-corrected chi connectivity index (χ4v) is 2.32. The van der Waals surface area contributed by atoms with Crippen LogP contribution in [-0.4, -0.2) is 72.4 Å². The number of carbonyl (C=O) groups is 1. The molecule has 2 aliphatic heterocycles. The van der Waals surface area contributed by atoms with Crippen LogP contribution in [0, 0.1) is 0 Å². The summed E-state index contributed by atoms with van der Waals surface area (Å²) in [6.45, 7) is 6.03. The normalized spacial score (nSPS) is 29.4. The number of aliphatic hydroxyl groups is 1. The second-order valence-corrected chi connectivity index (χ2v) is 4.55. The smallest absolute Gasteiger partial charge is 0.239 e. The van der Waals surface area contributed by atoms with E-state index >= 15 is 0 Å². The van der Waals surface area contributed by atoms with E-state index in [9.17, 15) is 9.90 Å². The van der Waals surface area contributed by atoms with Gasteiger partial charge in [-0.05, 0) is 13.3 Å². The molecular formula is C11H20N2O3. The number of aliphatic hydroxyl groups excluding tert-OH is 1. The molecule has 1 amide bonds. The summed E-state index contributed by atoms with van der Waals surface area (Å²) in [5.41, 5.74) is 0. The molecule has 0 spiro atoms. The zero-order chi connectivity index (χ0) is 11.5. The Morgan fingerprint density at radius 1 is 1.38 bits per heavy atom. The Labute approximate surface area is 96.0 Å². The number of amides is 1. The predicted octanol–water partition coefficient (Wildman–Crippen LogP) is -0.700. The third kappa shape index (κ3) is 2.53. The van der Waals surface area contributed by atoms with Crippen molar-refractivity contribution in [3.05, 3.63) is 0 Å². The first-order valence-electron chi connectivity index (χ1n) is 5.97. The molecule has 0 bridgehead atoms. The molecule has 2 saturated heterocycles. The average Bonchev–Trinajstić information content (AvgIpc) is 2.75. The molecule has 0 aromatic carbocycles. The lowest BCUT2D eigenvalue weighted by Gasteiger charge is -2.32. The molecule has 1 unspecified atom stereocenters. The maximum absolute atomic E-state index is 12.1. The topological polar surface area (TPSA) is 53.0 Å². The van der Waals surface area contributed by atoms with Crippen molar-refractivity contribution >= 4 is 5.91 Å². The van der Waals surface area contributed by atoms with Crippen molar-refractivity contribution in [1.82, 2.24) is 9.80 Å². The van der Waals surface area contributed by atoms with Crippen molar-refractivity contribution in [1.29, 1.82) is 0 Å². The molecule has 2 rings (SSSR count). The van der Waals surface area contributed by atoms with Crippen LogP contribution in [0.15, 0.2) is 0 Å². The molecular weight excluding hydrogens is 208 g/mol. The van der Waals surface area contributed by atoms with Crippen LogP contribution in [0.3, 0.4) is 0 Å². The Balaban J connectivity index is 1.88. The summed E-state index contributed by atoms with van der Waals surface area (Å²) in [4.78, 5) is 16.1. The Morgan fingerprint density at radius 3 is 2.62 bits per heavy atom. The number of morpholine rings is 1. The number of likely N-dealkylation sites (tertiary alicyclic amines) is 1. The Kier molecular flexibility index (Phi) is 3.78. The second-order valence-electron chi connectivity index (χ2n) is 4.55. The van der Waals surface area contributed by atoms with Gasteiger partial charge in [-0.25, -0.2) is 0 Å². The Hall–Kier alpha value is -0.650. The summed E-state index contributed by atoms with van der Waals surface area (Å²) in [5, 5.41) is 9.45. The number of hydrogen-bond acceptors (Lipinski definition) is 4. The number of hydrogen-bond donors (Lipinski definition) is 1. The van der Waals surface area contributed by atoms with Crippen LogP contribution in [0.1, 0.15) is 13.3 Å². The van der Waals surface area contributed by atoms with Crippen molar-refractivity contribution in [2.45, 2.75) is 25.5 Å². The molecule has 0 aromatic rings. The van der Waals surface area contributed by atoms with Gasteiger partial charge in [-0.1, -0.05) is 0 Å². The van der Waals surface area contributed by atoms with E-state index in [1.165, 1.54) is 0 Å². The molecule has 0 aliphatic carbocycles.